The zero-order valence-electron chi connectivity index (χ0n) is 8.79. The molecule has 0 aliphatic carbocycles. The van der Waals surface area contributed by atoms with E-state index in [2.05, 4.69) is 4.90 Å². The van der Waals surface area contributed by atoms with E-state index in [9.17, 15) is 4.79 Å². The molecule has 0 atom stereocenters. The monoisotopic (exact) mass is 172 g/mol. The number of hydrogen-bond donors (Lipinski definition) is 0. The van der Waals surface area contributed by atoms with Gasteiger partial charge in [0.2, 0.25) is 5.91 Å². The molecule has 0 aromatic rings. The highest BCUT2D eigenvalue weighted by Crippen LogP contribution is 2.11. The third kappa shape index (κ3) is 2.81. The van der Waals surface area contributed by atoms with Gasteiger partial charge in [0.15, 0.2) is 0 Å². The molecule has 1 aliphatic rings. The lowest BCUT2D eigenvalue weighted by Crippen LogP contribution is -2.58. The second kappa shape index (κ2) is 5.14. The number of rotatable bonds is 1. The van der Waals surface area contributed by atoms with Crippen LogP contribution in [0.1, 0.15) is 20.8 Å². The Bertz CT molecular complexity index is 139. The third-order valence-electron chi connectivity index (χ3n) is 2.04. The Morgan fingerprint density at radius 3 is 2.00 bits per heavy atom. The molecule has 1 amide bonds. The van der Waals surface area contributed by atoms with Gasteiger partial charge in [-0.2, -0.15) is 0 Å². The fraction of sp³-hybridized carbons (Fsp3) is 0.889. The first kappa shape index (κ1) is 11.4. The van der Waals surface area contributed by atoms with Gasteiger partial charge in [0.05, 0.1) is 0 Å². The molecule has 72 valence electrons. The lowest BCUT2D eigenvalue weighted by atomic mass is 10.1. The van der Waals surface area contributed by atoms with Crippen molar-refractivity contribution in [1.29, 1.82) is 0 Å². The van der Waals surface area contributed by atoms with Crippen LogP contribution in [0.4, 0.5) is 0 Å². The van der Waals surface area contributed by atoms with E-state index in [1.165, 1.54) is 0 Å². The molecular weight excluding hydrogens is 152 g/mol. The molecule has 0 aromatic carbocycles. The minimum atomic E-state index is 0.193. The van der Waals surface area contributed by atoms with Gasteiger partial charge in [-0.05, 0) is 14.1 Å². The van der Waals surface area contributed by atoms with E-state index in [1.54, 1.807) is 6.92 Å². The highest BCUT2D eigenvalue weighted by molar-refractivity contribution is 5.74. The molecule has 1 fully saturated rings. The third-order valence-corrected chi connectivity index (χ3v) is 2.04. The van der Waals surface area contributed by atoms with Gasteiger partial charge in [0.25, 0.3) is 0 Å². The van der Waals surface area contributed by atoms with Crippen LogP contribution < -0.4 is 0 Å². The molecule has 1 aliphatic heterocycles. The Hall–Kier alpha value is -0.570. The zero-order chi connectivity index (χ0) is 9.72. The summed E-state index contributed by atoms with van der Waals surface area (Å²) in [4.78, 5) is 14.7. The molecule has 0 aromatic heterocycles. The average Bonchev–Trinajstić information content (AvgIpc) is 1.86. The summed E-state index contributed by atoms with van der Waals surface area (Å²) in [5.74, 6) is 0.193. The van der Waals surface area contributed by atoms with Crippen molar-refractivity contribution >= 4 is 5.91 Å². The summed E-state index contributed by atoms with van der Waals surface area (Å²) >= 11 is 0. The number of likely N-dealkylation sites (N-methyl/N-ethyl adjacent to an activating group) is 1. The number of amides is 1. The number of likely N-dealkylation sites (tertiary alicyclic amines) is 1. The standard InChI is InChI=1S/C7H14N2O.C2H6/c1-6(10)9-4-7(5-9)8(2)3;1-2/h7H,4-5H2,1-3H3;1-2H3. The molecule has 1 heterocycles. The summed E-state index contributed by atoms with van der Waals surface area (Å²) < 4.78 is 0. The maximum atomic E-state index is 10.7. The maximum absolute atomic E-state index is 10.7. The molecule has 1 saturated heterocycles. The van der Waals surface area contributed by atoms with Gasteiger partial charge in [-0.1, -0.05) is 13.8 Å². The summed E-state index contributed by atoms with van der Waals surface area (Å²) in [6.45, 7) is 7.43. The summed E-state index contributed by atoms with van der Waals surface area (Å²) in [6.07, 6.45) is 0. The molecule has 0 radical (unpaired) electrons. The Balaban J connectivity index is 0.000000561. The van der Waals surface area contributed by atoms with E-state index in [1.807, 2.05) is 32.8 Å². The van der Waals surface area contributed by atoms with Crippen molar-refractivity contribution in [2.24, 2.45) is 0 Å². The fourth-order valence-electron chi connectivity index (χ4n) is 1.04. The van der Waals surface area contributed by atoms with E-state index in [-0.39, 0.29) is 5.91 Å². The summed E-state index contributed by atoms with van der Waals surface area (Å²) in [6, 6.07) is 0.587. The molecule has 0 unspecified atom stereocenters. The Morgan fingerprint density at radius 2 is 1.75 bits per heavy atom. The molecule has 12 heavy (non-hydrogen) atoms. The highest BCUT2D eigenvalue weighted by atomic mass is 16.2. The van der Waals surface area contributed by atoms with Gasteiger partial charge in [-0.3, -0.25) is 4.79 Å². The van der Waals surface area contributed by atoms with Crippen molar-refractivity contribution in [2.75, 3.05) is 27.2 Å². The predicted octanol–water partition coefficient (Wildman–Crippen LogP) is 0.805. The highest BCUT2D eigenvalue weighted by Gasteiger charge is 2.29. The molecule has 3 heteroatoms. The minimum Gasteiger partial charge on any atom is -0.340 e. The van der Waals surface area contributed by atoms with Gasteiger partial charge in [0.1, 0.15) is 0 Å². The van der Waals surface area contributed by atoms with Crippen LogP contribution in [-0.2, 0) is 4.79 Å². The normalized spacial score (nSPS) is 16.7. The van der Waals surface area contributed by atoms with E-state index in [0.29, 0.717) is 6.04 Å². The smallest absolute Gasteiger partial charge is 0.219 e. The summed E-state index contributed by atoms with van der Waals surface area (Å²) in [5, 5.41) is 0. The molecule has 3 nitrogen and oxygen atoms in total. The van der Waals surface area contributed by atoms with Crippen molar-refractivity contribution in [1.82, 2.24) is 9.80 Å². The van der Waals surface area contributed by atoms with Crippen LogP contribution in [0.2, 0.25) is 0 Å². The largest absolute Gasteiger partial charge is 0.340 e. The Kier molecular flexibility index (Phi) is 4.90. The van der Waals surface area contributed by atoms with Crippen LogP contribution in [0.25, 0.3) is 0 Å². The first-order valence-electron chi connectivity index (χ1n) is 4.53. The molecule has 0 N–H and O–H groups in total. The maximum Gasteiger partial charge on any atom is 0.219 e. The van der Waals surface area contributed by atoms with Crippen LogP contribution >= 0.6 is 0 Å². The molecule has 0 saturated carbocycles. The number of carbonyl (C=O) groups excluding carboxylic acids is 1. The van der Waals surface area contributed by atoms with Crippen LogP contribution in [0, 0.1) is 0 Å². The zero-order valence-corrected chi connectivity index (χ0v) is 8.79. The van der Waals surface area contributed by atoms with E-state index in [4.69, 9.17) is 0 Å². The predicted molar refractivity (Wildman–Crippen MR) is 51.1 cm³/mol. The van der Waals surface area contributed by atoms with Crippen molar-refractivity contribution < 1.29 is 4.79 Å². The average molecular weight is 172 g/mol. The van der Waals surface area contributed by atoms with Crippen molar-refractivity contribution in [2.45, 2.75) is 26.8 Å². The SMILES string of the molecule is CC.CC(=O)N1CC(N(C)C)C1. The quantitative estimate of drug-likeness (QED) is 0.584. The number of hydrogen-bond acceptors (Lipinski definition) is 2. The van der Waals surface area contributed by atoms with Crippen LogP contribution in [0.3, 0.4) is 0 Å². The summed E-state index contributed by atoms with van der Waals surface area (Å²) in [5.41, 5.74) is 0. The minimum absolute atomic E-state index is 0.193. The lowest BCUT2D eigenvalue weighted by Gasteiger charge is -2.42. The molecular formula is C9H20N2O. The fourth-order valence-corrected chi connectivity index (χ4v) is 1.04. The first-order chi connectivity index (χ1) is 5.61. The first-order valence-corrected chi connectivity index (χ1v) is 4.53. The second-order valence-electron chi connectivity index (χ2n) is 3.04. The number of nitrogens with zero attached hydrogens (tertiary/aromatic N) is 2. The van der Waals surface area contributed by atoms with Crippen LogP contribution in [0.5, 0.6) is 0 Å². The Morgan fingerprint density at radius 1 is 1.33 bits per heavy atom. The topological polar surface area (TPSA) is 23.6 Å². The van der Waals surface area contributed by atoms with Crippen LogP contribution in [0.15, 0.2) is 0 Å². The van der Waals surface area contributed by atoms with Crippen molar-refractivity contribution in [3.63, 3.8) is 0 Å². The van der Waals surface area contributed by atoms with E-state index >= 15 is 0 Å². The van der Waals surface area contributed by atoms with Gasteiger partial charge in [0, 0.05) is 26.1 Å². The molecule has 0 spiro atoms. The van der Waals surface area contributed by atoms with Gasteiger partial charge in [-0.15, -0.1) is 0 Å². The summed E-state index contributed by atoms with van der Waals surface area (Å²) in [7, 11) is 4.09. The lowest BCUT2D eigenvalue weighted by molar-refractivity contribution is -0.135. The van der Waals surface area contributed by atoms with Gasteiger partial charge in [-0.25, -0.2) is 0 Å². The van der Waals surface area contributed by atoms with Crippen molar-refractivity contribution in [3.05, 3.63) is 0 Å². The van der Waals surface area contributed by atoms with Gasteiger partial charge >= 0.3 is 0 Å². The van der Waals surface area contributed by atoms with E-state index in [0.717, 1.165) is 13.1 Å². The van der Waals surface area contributed by atoms with Crippen LogP contribution in [-0.4, -0.2) is 48.9 Å². The molecule has 1 rings (SSSR count). The van der Waals surface area contributed by atoms with Gasteiger partial charge < -0.3 is 9.80 Å². The second-order valence-corrected chi connectivity index (χ2v) is 3.04. The van der Waals surface area contributed by atoms with E-state index < -0.39 is 0 Å². The number of carbonyl (C=O) groups is 1. The Labute approximate surface area is 75.3 Å². The van der Waals surface area contributed by atoms with Crippen molar-refractivity contribution in [3.8, 4) is 0 Å². The molecule has 0 bridgehead atoms.